The maximum Gasteiger partial charge on any atom is 0.326 e. The minimum Gasteiger partial charge on any atom is -0.480 e. The first-order chi connectivity index (χ1) is 27.2. The number of aliphatic hydroxyl groups excluding tert-OH is 1. The quantitative estimate of drug-likeness (QED) is 0.0469. The van der Waals surface area contributed by atoms with Crippen molar-refractivity contribution in [2.45, 2.75) is 151 Å². The van der Waals surface area contributed by atoms with E-state index in [1.807, 2.05) is 27.7 Å². The molecule has 12 N–H and O–H groups in total. The van der Waals surface area contributed by atoms with Gasteiger partial charge in [-0.1, -0.05) is 69.2 Å². The van der Waals surface area contributed by atoms with Crippen molar-refractivity contribution in [2.24, 2.45) is 35.3 Å². The average Bonchev–Trinajstić information content (AvgIpc) is 3.11. The van der Waals surface area contributed by atoms with Crippen LogP contribution in [0.3, 0.4) is 0 Å². The zero-order valence-electron chi connectivity index (χ0n) is 36.7. The molecular weight excluding hydrogens is 770 g/mol. The lowest BCUT2D eigenvalue weighted by Crippen LogP contribution is -2.61. The van der Waals surface area contributed by atoms with Crippen LogP contribution in [0.25, 0.3) is 0 Å². The number of carboxylic acid groups (broad SMARTS) is 1. The monoisotopic (exact) mass is 842 g/mol. The molecule has 0 aromatic rings. The molecule has 59 heavy (non-hydrogen) atoms. The molecule has 0 spiro atoms. The lowest BCUT2D eigenvalue weighted by atomic mass is 9.99. The summed E-state index contributed by atoms with van der Waals surface area (Å²) in [5.74, 6) is -8.24. The van der Waals surface area contributed by atoms with Crippen LogP contribution >= 0.6 is 0 Å². The van der Waals surface area contributed by atoms with Crippen molar-refractivity contribution in [1.82, 2.24) is 42.5 Å². The van der Waals surface area contributed by atoms with E-state index >= 15 is 0 Å². The molecule has 338 valence electrons. The van der Waals surface area contributed by atoms with Gasteiger partial charge in [-0.2, -0.15) is 0 Å². The number of carbonyl (C=O) groups is 9. The average molecular weight is 842 g/mol. The van der Waals surface area contributed by atoms with Gasteiger partial charge in [-0.3, -0.25) is 38.4 Å². The predicted octanol–water partition coefficient (Wildman–Crippen LogP) is -1.61. The summed E-state index contributed by atoms with van der Waals surface area (Å²) in [4.78, 5) is 116. The lowest BCUT2D eigenvalue weighted by Gasteiger charge is -2.29. The van der Waals surface area contributed by atoms with Gasteiger partial charge in [0.15, 0.2) is 0 Å². The van der Waals surface area contributed by atoms with Crippen LogP contribution < -0.4 is 48.3 Å². The number of hydrogen-bond donors (Lipinski definition) is 11. The number of hydrogen-bond acceptors (Lipinski definition) is 11. The number of nitrogens with one attached hydrogen (secondary N) is 8. The molecular formula is C39H71N9O11. The smallest absolute Gasteiger partial charge is 0.326 e. The third-order valence-electron chi connectivity index (χ3n) is 8.96. The number of carboxylic acids is 1. The molecule has 20 heteroatoms. The van der Waals surface area contributed by atoms with Crippen molar-refractivity contribution in [3.8, 4) is 0 Å². The Kier molecular flexibility index (Phi) is 24.1. The Hall–Kier alpha value is -4.85. The Bertz CT molecular complexity index is 1450. The van der Waals surface area contributed by atoms with Gasteiger partial charge in [0.2, 0.25) is 47.3 Å². The fraction of sp³-hybridized carbons (Fsp3) is 0.769. The number of rotatable bonds is 26. The second kappa shape index (κ2) is 26.3. The molecule has 0 aliphatic rings. The Labute approximate surface area is 347 Å². The summed E-state index contributed by atoms with van der Waals surface area (Å²) in [5.41, 5.74) is 5.33. The molecule has 0 unspecified atom stereocenters. The van der Waals surface area contributed by atoms with Gasteiger partial charge in [0.25, 0.3) is 0 Å². The van der Waals surface area contributed by atoms with Crippen molar-refractivity contribution < 1.29 is 53.4 Å². The van der Waals surface area contributed by atoms with E-state index in [-0.39, 0.29) is 37.0 Å². The highest BCUT2D eigenvalue weighted by Gasteiger charge is 2.35. The fourth-order valence-corrected chi connectivity index (χ4v) is 5.76. The van der Waals surface area contributed by atoms with E-state index in [0.717, 1.165) is 0 Å². The second-order valence-corrected chi connectivity index (χ2v) is 16.9. The van der Waals surface area contributed by atoms with E-state index in [9.17, 15) is 53.4 Å². The van der Waals surface area contributed by atoms with Crippen LogP contribution in [0.1, 0.15) is 102 Å². The maximum atomic E-state index is 13.6. The lowest BCUT2D eigenvalue weighted by molar-refractivity contribution is -0.142. The maximum absolute atomic E-state index is 13.6. The molecule has 0 aromatic carbocycles. The van der Waals surface area contributed by atoms with Crippen molar-refractivity contribution in [1.29, 1.82) is 0 Å². The molecule has 0 saturated heterocycles. The first-order valence-corrected chi connectivity index (χ1v) is 20.2. The molecule has 8 atom stereocenters. The van der Waals surface area contributed by atoms with E-state index in [2.05, 4.69) is 42.5 Å². The largest absolute Gasteiger partial charge is 0.480 e. The molecule has 0 saturated carbocycles. The van der Waals surface area contributed by atoms with Crippen LogP contribution in [0.5, 0.6) is 0 Å². The highest BCUT2D eigenvalue weighted by molar-refractivity contribution is 5.97. The van der Waals surface area contributed by atoms with E-state index in [1.54, 1.807) is 41.5 Å². The standard InChI is InChI=1S/C39H71N9O11/c1-18(2)13-25(34(53)47-30(21(7)8)36(55)41-17-29(51)43-27(39(58)59)15-20(5)6)44-33(52)23(11)42-37(56)31(22(9)10)48-35(54)26(14-19(3)4)45-38(57)32(24(12)49)46-28(50)16-40/h18-27,30-32,49H,13-17,40H2,1-12H3,(H,41,55)(H,42,56)(H,43,51)(H,44,52)(H,45,57)(H,46,50)(H,47,53)(H,48,54)(H,58,59)/t23-,24+,25-,26-,27-,30-,31-,32-/m0/s1. The summed E-state index contributed by atoms with van der Waals surface area (Å²) in [6, 6.07) is -8.38. The highest BCUT2D eigenvalue weighted by atomic mass is 16.4. The van der Waals surface area contributed by atoms with Crippen LogP contribution in [0.4, 0.5) is 0 Å². The Morgan fingerprint density at radius 2 is 0.864 bits per heavy atom. The highest BCUT2D eigenvalue weighted by Crippen LogP contribution is 2.11. The van der Waals surface area contributed by atoms with Gasteiger partial charge >= 0.3 is 5.97 Å². The summed E-state index contributed by atoms with van der Waals surface area (Å²) in [6.45, 7) is 19.2. The molecule has 0 aliphatic carbocycles. The topological polar surface area (TPSA) is 316 Å². The molecule has 0 rings (SSSR count). The Balaban J connectivity index is 5.86. The van der Waals surface area contributed by atoms with E-state index < -0.39 is 127 Å². The van der Waals surface area contributed by atoms with E-state index in [0.29, 0.717) is 0 Å². The van der Waals surface area contributed by atoms with Crippen LogP contribution in [0.15, 0.2) is 0 Å². The van der Waals surface area contributed by atoms with Gasteiger partial charge in [-0.05, 0) is 62.7 Å². The summed E-state index contributed by atoms with van der Waals surface area (Å²) in [5, 5.41) is 39.7. The molecule has 0 bridgehead atoms. The zero-order chi connectivity index (χ0) is 45.9. The zero-order valence-corrected chi connectivity index (χ0v) is 36.7. The van der Waals surface area contributed by atoms with Crippen LogP contribution in [0, 0.1) is 29.6 Å². The van der Waals surface area contributed by atoms with Gasteiger partial charge < -0.3 is 58.5 Å². The Morgan fingerprint density at radius 1 is 0.458 bits per heavy atom. The third-order valence-corrected chi connectivity index (χ3v) is 8.96. The second-order valence-electron chi connectivity index (χ2n) is 16.9. The first kappa shape index (κ1) is 54.2. The SMILES string of the molecule is CC(C)C[C@H](NC(=O)CNC(=O)[C@@H](NC(=O)[C@H](CC(C)C)NC(=O)[C@H](C)NC(=O)[C@@H](NC(=O)[C@H](CC(C)C)NC(=O)[C@@H](NC(=O)CN)[C@@H](C)O)C(C)C)C(C)C)C(=O)O. The van der Waals surface area contributed by atoms with Crippen LogP contribution in [0.2, 0.25) is 0 Å². The molecule has 0 aliphatic heterocycles. The van der Waals surface area contributed by atoms with E-state index in [4.69, 9.17) is 5.73 Å². The third kappa shape index (κ3) is 20.6. The van der Waals surface area contributed by atoms with E-state index in [1.165, 1.54) is 13.8 Å². The van der Waals surface area contributed by atoms with Gasteiger partial charge in [0.1, 0.15) is 42.3 Å². The predicted molar refractivity (Wildman–Crippen MR) is 219 cm³/mol. The van der Waals surface area contributed by atoms with Gasteiger partial charge in [-0.15, -0.1) is 0 Å². The minimum atomic E-state index is -1.40. The van der Waals surface area contributed by atoms with Gasteiger partial charge in [0, 0.05) is 0 Å². The van der Waals surface area contributed by atoms with Crippen LogP contribution in [-0.4, -0.2) is 125 Å². The first-order valence-electron chi connectivity index (χ1n) is 20.2. The number of nitrogens with two attached hydrogens (primary N) is 1. The summed E-state index contributed by atoms with van der Waals surface area (Å²) < 4.78 is 0. The van der Waals surface area contributed by atoms with Crippen molar-refractivity contribution >= 4 is 53.2 Å². The molecule has 20 nitrogen and oxygen atoms in total. The minimum absolute atomic E-state index is 0.0118. The number of amides is 8. The molecule has 0 aromatic heterocycles. The van der Waals surface area contributed by atoms with Gasteiger partial charge in [0.05, 0.1) is 19.2 Å². The summed E-state index contributed by atoms with van der Waals surface area (Å²) >= 11 is 0. The number of aliphatic carboxylic acids is 1. The van der Waals surface area contributed by atoms with Crippen molar-refractivity contribution in [2.75, 3.05) is 13.1 Å². The molecule has 0 fully saturated rings. The molecule has 0 radical (unpaired) electrons. The van der Waals surface area contributed by atoms with Gasteiger partial charge in [-0.25, -0.2) is 4.79 Å². The summed E-state index contributed by atoms with van der Waals surface area (Å²) in [7, 11) is 0. The summed E-state index contributed by atoms with van der Waals surface area (Å²) in [6.07, 6.45) is -0.844. The molecule has 8 amide bonds. The number of aliphatic hydroxyl groups is 1. The normalized spacial score (nSPS) is 15.5. The number of carbonyl (C=O) groups excluding carboxylic acids is 8. The molecule has 0 heterocycles. The van der Waals surface area contributed by atoms with Crippen molar-refractivity contribution in [3.63, 3.8) is 0 Å². The fourth-order valence-electron chi connectivity index (χ4n) is 5.76. The van der Waals surface area contributed by atoms with Crippen molar-refractivity contribution in [3.05, 3.63) is 0 Å². The van der Waals surface area contributed by atoms with Crippen LogP contribution in [-0.2, 0) is 43.2 Å². The Morgan fingerprint density at radius 3 is 1.25 bits per heavy atom.